The number of esters is 1. The summed E-state index contributed by atoms with van der Waals surface area (Å²) < 4.78 is 42.8. The molecule has 4 rings (SSSR count). The number of hydrogen-bond acceptors (Lipinski definition) is 7. The van der Waals surface area contributed by atoms with E-state index in [-0.39, 0.29) is 29.4 Å². The van der Waals surface area contributed by atoms with Crippen LogP contribution in [0.25, 0.3) is 11.0 Å². The van der Waals surface area contributed by atoms with Crippen LogP contribution in [-0.2, 0) is 24.3 Å². The molecule has 1 saturated heterocycles. The lowest BCUT2D eigenvalue weighted by molar-refractivity contribution is -0.123. The minimum Gasteiger partial charge on any atom is -0.449 e. The van der Waals surface area contributed by atoms with E-state index >= 15 is 0 Å². The fourth-order valence-corrected chi connectivity index (χ4v) is 4.72. The van der Waals surface area contributed by atoms with E-state index in [4.69, 9.17) is 13.9 Å². The molecule has 0 saturated carbocycles. The normalized spacial score (nSPS) is 15.9. The maximum atomic E-state index is 12.8. The predicted octanol–water partition coefficient (Wildman–Crippen LogP) is 2.64. The maximum absolute atomic E-state index is 12.8. The van der Waals surface area contributed by atoms with Gasteiger partial charge in [-0.1, -0.05) is 24.3 Å². The Hall–Kier alpha value is -3.21. The number of ether oxygens (including phenoxy) is 2. The maximum Gasteiger partial charge on any atom is 0.375 e. The van der Waals surface area contributed by atoms with Gasteiger partial charge in [0.2, 0.25) is 15.8 Å². The average molecular weight is 458 g/mol. The third kappa shape index (κ3) is 4.67. The van der Waals surface area contributed by atoms with E-state index in [0.29, 0.717) is 18.8 Å². The van der Waals surface area contributed by atoms with Gasteiger partial charge in [0.25, 0.3) is 5.91 Å². The summed E-state index contributed by atoms with van der Waals surface area (Å²) in [6.45, 7) is 2.64. The zero-order valence-corrected chi connectivity index (χ0v) is 18.1. The molecule has 1 aromatic heterocycles. The zero-order chi connectivity index (χ0) is 22.7. The van der Waals surface area contributed by atoms with Crippen molar-refractivity contribution in [2.24, 2.45) is 0 Å². The summed E-state index contributed by atoms with van der Waals surface area (Å²) in [5, 5.41) is 3.33. The van der Waals surface area contributed by atoms with Crippen LogP contribution in [0.3, 0.4) is 0 Å². The van der Waals surface area contributed by atoms with Crippen molar-refractivity contribution in [3.05, 3.63) is 60.4 Å². The summed E-state index contributed by atoms with van der Waals surface area (Å²) in [7, 11) is -3.70. The summed E-state index contributed by atoms with van der Waals surface area (Å²) in [5.74, 6) is -1.38. The number of fused-ring (bicyclic) bond motifs is 1. The first-order chi connectivity index (χ1) is 15.3. The van der Waals surface area contributed by atoms with Gasteiger partial charge in [-0.05, 0) is 37.3 Å². The first-order valence-corrected chi connectivity index (χ1v) is 11.5. The van der Waals surface area contributed by atoms with Crippen LogP contribution in [0.4, 0.5) is 5.69 Å². The number of nitrogens with zero attached hydrogens (tertiary/aromatic N) is 1. The smallest absolute Gasteiger partial charge is 0.375 e. The lowest BCUT2D eigenvalue weighted by atomic mass is 10.2. The standard InChI is InChI=1S/C22H22N2O7S/c1-15(30-22(26)20-13-16-5-2-3-8-19(16)31-20)21(25)23-17-6-4-7-18(14-17)32(27,28)24-9-11-29-12-10-24/h2-8,13-15H,9-12H2,1H3,(H,23,25)/t15-/m1/s1. The summed E-state index contributed by atoms with van der Waals surface area (Å²) in [6.07, 6.45) is -1.13. The molecule has 2 aromatic carbocycles. The molecule has 32 heavy (non-hydrogen) atoms. The Morgan fingerprint density at radius 1 is 1.06 bits per heavy atom. The number of benzene rings is 2. The second kappa shape index (κ2) is 9.11. The van der Waals surface area contributed by atoms with Crippen LogP contribution in [0.2, 0.25) is 0 Å². The van der Waals surface area contributed by atoms with Gasteiger partial charge in [-0.25, -0.2) is 13.2 Å². The third-order valence-corrected chi connectivity index (χ3v) is 6.88. The number of hydrogen-bond donors (Lipinski definition) is 1. The average Bonchev–Trinajstić information content (AvgIpc) is 3.24. The van der Waals surface area contributed by atoms with Gasteiger partial charge in [0.05, 0.1) is 18.1 Å². The molecule has 10 heteroatoms. The number of nitrogens with one attached hydrogen (secondary N) is 1. The Morgan fingerprint density at radius 3 is 2.56 bits per heavy atom. The van der Waals surface area contributed by atoms with Crippen molar-refractivity contribution in [1.82, 2.24) is 4.31 Å². The van der Waals surface area contributed by atoms with Crippen LogP contribution in [-0.4, -0.2) is 57.0 Å². The second-order valence-electron chi connectivity index (χ2n) is 7.23. The molecule has 9 nitrogen and oxygen atoms in total. The van der Waals surface area contributed by atoms with Gasteiger partial charge in [-0.15, -0.1) is 0 Å². The Labute approximate surface area is 184 Å². The van der Waals surface area contributed by atoms with Crippen molar-refractivity contribution in [2.75, 3.05) is 31.6 Å². The Kier molecular flexibility index (Phi) is 6.26. The van der Waals surface area contributed by atoms with Gasteiger partial charge < -0.3 is 19.2 Å². The van der Waals surface area contributed by atoms with Gasteiger partial charge in [-0.3, -0.25) is 4.79 Å². The molecule has 1 fully saturated rings. The van der Waals surface area contributed by atoms with Gasteiger partial charge in [-0.2, -0.15) is 4.31 Å². The molecule has 0 radical (unpaired) electrons. The Morgan fingerprint density at radius 2 is 1.81 bits per heavy atom. The third-order valence-electron chi connectivity index (χ3n) is 4.99. The summed E-state index contributed by atoms with van der Waals surface area (Å²) in [5.41, 5.74) is 0.811. The minimum atomic E-state index is -3.70. The first-order valence-electron chi connectivity index (χ1n) is 10.0. The molecule has 0 spiro atoms. The van der Waals surface area contributed by atoms with Gasteiger partial charge in [0.1, 0.15) is 5.58 Å². The van der Waals surface area contributed by atoms with Crippen LogP contribution in [0.15, 0.2) is 63.9 Å². The molecule has 1 atom stereocenters. The second-order valence-corrected chi connectivity index (χ2v) is 9.17. The number of morpholine rings is 1. The number of rotatable bonds is 6. The zero-order valence-electron chi connectivity index (χ0n) is 17.3. The van der Waals surface area contributed by atoms with Crippen LogP contribution >= 0.6 is 0 Å². The molecule has 0 aliphatic carbocycles. The van der Waals surface area contributed by atoms with E-state index in [9.17, 15) is 18.0 Å². The topological polar surface area (TPSA) is 115 Å². The fourth-order valence-electron chi connectivity index (χ4n) is 3.27. The fraction of sp³-hybridized carbons (Fsp3) is 0.273. The monoisotopic (exact) mass is 458 g/mol. The van der Waals surface area contributed by atoms with Crippen molar-refractivity contribution in [3.8, 4) is 0 Å². The minimum absolute atomic E-state index is 0.00977. The molecular formula is C22H22N2O7S. The molecular weight excluding hydrogens is 436 g/mol. The molecule has 0 unspecified atom stereocenters. The van der Waals surface area contributed by atoms with Crippen molar-refractivity contribution >= 4 is 38.6 Å². The van der Waals surface area contributed by atoms with Gasteiger partial charge in [0, 0.05) is 24.2 Å². The van der Waals surface area contributed by atoms with Crippen molar-refractivity contribution in [1.29, 1.82) is 0 Å². The number of anilines is 1. The number of furan rings is 1. The quantitative estimate of drug-likeness (QED) is 0.565. The van der Waals surface area contributed by atoms with Crippen LogP contribution in [0.1, 0.15) is 17.5 Å². The number of sulfonamides is 1. The number of amides is 1. The van der Waals surface area contributed by atoms with E-state index < -0.39 is 28.0 Å². The molecule has 1 N–H and O–H groups in total. The van der Waals surface area contributed by atoms with Gasteiger partial charge in [0.15, 0.2) is 6.10 Å². The summed E-state index contributed by atoms with van der Waals surface area (Å²) >= 11 is 0. The Bertz CT molecular complexity index is 1210. The highest BCUT2D eigenvalue weighted by atomic mass is 32.2. The Balaban J connectivity index is 1.42. The molecule has 2 heterocycles. The van der Waals surface area contributed by atoms with E-state index in [1.54, 1.807) is 30.3 Å². The lowest BCUT2D eigenvalue weighted by Gasteiger charge is -2.26. The number of carbonyl (C=O) groups is 2. The SMILES string of the molecule is C[C@@H](OC(=O)c1cc2ccccc2o1)C(=O)Nc1cccc(S(=O)(=O)N2CCOCC2)c1. The number of carbonyl (C=O) groups excluding carboxylic acids is 2. The van der Waals surface area contributed by atoms with Crippen molar-refractivity contribution < 1.29 is 31.9 Å². The van der Waals surface area contributed by atoms with Gasteiger partial charge >= 0.3 is 5.97 Å². The van der Waals surface area contributed by atoms with E-state index in [1.807, 2.05) is 6.07 Å². The highest BCUT2D eigenvalue weighted by Crippen LogP contribution is 2.22. The molecule has 1 aliphatic heterocycles. The lowest BCUT2D eigenvalue weighted by Crippen LogP contribution is -2.40. The van der Waals surface area contributed by atoms with Crippen LogP contribution in [0.5, 0.6) is 0 Å². The highest BCUT2D eigenvalue weighted by Gasteiger charge is 2.27. The first kappa shape index (κ1) is 22.0. The van der Waals surface area contributed by atoms with E-state index in [1.165, 1.54) is 29.4 Å². The molecule has 1 aliphatic rings. The molecule has 168 valence electrons. The largest absolute Gasteiger partial charge is 0.449 e. The van der Waals surface area contributed by atoms with Crippen molar-refractivity contribution in [3.63, 3.8) is 0 Å². The number of para-hydroxylation sites is 1. The van der Waals surface area contributed by atoms with Crippen LogP contribution in [0, 0.1) is 0 Å². The van der Waals surface area contributed by atoms with Crippen molar-refractivity contribution in [2.45, 2.75) is 17.9 Å². The van der Waals surface area contributed by atoms with E-state index in [2.05, 4.69) is 5.32 Å². The summed E-state index contributed by atoms with van der Waals surface area (Å²) in [4.78, 5) is 24.9. The predicted molar refractivity (Wildman–Crippen MR) is 116 cm³/mol. The highest BCUT2D eigenvalue weighted by molar-refractivity contribution is 7.89. The van der Waals surface area contributed by atoms with E-state index in [0.717, 1.165) is 5.39 Å². The molecule has 1 amide bonds. The molecule has 3 aromatic rings. The molecule has 0 bridgehead atoms. The van der Waals surface area contributed by atoms with Crippen LogP contribution < -0.4 is 5.32 Å². The summed E-state index contributed by atoms with van der Waals surface area (Å²) in [6, 6.07) is 14.6.